The number of aliphatic hydroxyl groups excluding tert-OH is 5. The van der Waals surface area contributed by atoms with E-state index in [1.165, 1.54) is 89.9 Å². The summed E-state index contributed by atoms with van der Waals surface area (Å²) in [5.74, 6) is -0.206. The molecule has 1 amide bonds. The van der Waals surface area contributed by atoms with Crippen LogP contribution in [0.25, 0.3) is 0 Å². The van der Waals surface area contributed by atoms with Crippen molar-refractivity contribution in [1.82, 2.24) is 5.32 Å². The number of ether oxygens (including phenoxy) is 2. The van der Waals surface area contributed by atoms with Crippen molar-refractivity contribution in [2.75, 3.05) is 13.2 Å². The fraction of sp³-hybridized carbons (Fsp3) is 0.657. The van der Waals surface area contributed by atoms with Crippen molar-refractivity contribution in [3.8, 4) is 0 Å². The third kappa shape index (κ3) is 43.3. The maximum absolute atomic E-state index is 13.1. The normalized spacial score (nSPS) is 19.8. The topological polar surface area (TPSA) is 149 Å². The lowest BCUT2D eigenvalue weighted by atomic mass is 9.99. The van der Waals surface area contributed by atoms with Crippen LogP contribution in [0.2, 0.25) is 0 Å². The lowest BCUT2D eigenvalue weighted by Gasteiger charge is -2.40. The fourth-order valence-corrected chi connectivity index (χ4v) is 8.71. The first-order valence-electron chi connectivity index (χ1n) is 30.4. The number of unbranched alkanes of at least 4 members (excludes halogenated alkanes) is 20. The summed E-state index contributed by atoms with van der Waals surface area (Å²) in [7, 11) is 0. The minimum absolute atomic E-state index is 0.206. The first-order valence-corrected chi connectivity index (χ1v) is 30.4. The number of amides is 1. The predicted octanol–water partition coefficient (Wildman–Crippen LogP) is 15.7. The highest BCUT2D eigenvalue weighted by atomic mass is 16.7. The van der Waals surface area contributed by atoms with E-state index in [9.17, 15) is 30.3 Å². The Kier molecular flexibility index (Phi) is 50.6. The molecule has 1 aliphatic heterocycles. The van der Waals surface area contributed by atoms with Crippen LogP contribution in [0, 0.1) is 0 Å². The summed E-state index contributed by atoms with van der Waals surface area (Å²) in [6.45, 7) is 3.65. The molecule has 1 heterocycles. The Morgan fingerprint density at radius 3 is 1.21 bits per heavy atom. The first kappa shape index (κ1) is 70.3. The molecule has 1 aliphatic rings. The number of carbonyl (C=O) groups is 1. The van der Waals surface area contributed by atoms with Gasteiger partial charge in [0.25, 0.3) is 0 Å². The third-order valence-electron chi connectivity index (χ3n) is 13.5. The van der Waals surface area contributed by atoms with Crippen molar-refractivity contribution >= 4 is 5.91 Å². The van der Waals surface area contributed by atoms with Gasteiger partial charge in [0.05, 0.1) is 25.4 Å². The number of aliphatic hydroxyl groups is 5. The van der Waals surface area contributed by atoms with Gasteiger partial charge in [0.15, 0.2) is 6.29 Å². The quantitative estimate of drug-likeness (QED) is 0.0261. The molecule has 0 aliphatic carbocycles. The average molecular weight is 1060 g/mol. The van der Waals surface area contributed by atoms with E-state index in [4.69, 9.17) is 9.47 Å². The zero-order valence-corrected chi connectivity index (χ0v) is 48.0. The predicted molar refractivity (Wildman–Crippen MR) is 322 cm³/mol. The van der Waals surface area contributed by atoms with E-state index in [1.807, 2.05) is 6.08 Å². The Morgan fingerprint density at radius 2 is 0.816 bits per heavy atom. The second-order valence-electron chi connectivity index (χ2n) is 20.4. The molecule has 9 heteroatoms. The highest BCUT2D eigenvalue weighted by molar-refractivity contribution is 5.76. The number of nitrogens with one attached hydrogen (secondary N) is 1. The van der Waals surface area contributed by atoms with E-state index in [1.54, 1.807) is 6.08 Å². The van der Waals surface area contributed by atoms with Gasteiger partial charge in [0.2, 0.25) is 5.91 Å². The molecule has 6 N–H and O–H groups in total. The zero-order chi connectivity index (χ0) is 55.0. The molecule has 0 radical (unpaired) electrons. The van der Waals surface area contributed by atoms with Crippen LogP contribution in [0.4, 0.5) is 0 Å². The van der Waals surface area contributed by atoms with E-state index in [0.29, 0.717) is 6.42 Å². The molecule has 1 saturated heterocycles. The molecule has 7 atom stereocenters. The highest BCUT2D eigenvalue weighted by Crippen LogP contribution is 2.23. The Labute approximate surface area is 464 Å². The van der Waals surface area contributed by atoms with Crippen LogP contribution < -0.4 is 5.32 Å². The van der Waals surface area contributed by atoms with E-state index in [-0.39, 0.29) is 12.5 Å². The van der Waals surface area contributed by atoms with Crippen molar-refractivity contribution in [3.05, 3.63) is 134 Å². The van der Waals surface area contributed by atoms with Gasteiger partial charge in [0.1, 0.15) is 24.4 Å². The molecule has 0 aromatic carbocycles. The molecular formula is C67H111NO8. The van der Waals surface area contributed by atoms with Gasteiger partial charge in [-0.3, -0.25) is 4.79 Å². The van der Waals surface area contributed by atoms with Gasteiger partial charge >= 0.3 is 0 Å². The Balaban J connectivity index is 2.24. The monoisotopic (exact) mass is 1060 g/mol. The van der Waals surface area contributed by atoms with Gasteiger partial charge < -0.3 is 40.3 Å². The molecular weight excluding hydrogens is 947 g/mol. The van der Waals surface area contributed by atoms with Crippen LogP contribution in [-0.2, 0) is 14.3 Å². The SMILES string of the molecule is CC/C=C\C/C=C\C/C=C\C/C=C\C/C=C\C/C=C\C/C=C\C/C=C\C/C=C\C/C=C\CCCCCCC(=O)NC(COC1OC(CO)C(O)C(O)C1O)C(O)/C=C/CCCCCCCCCCCCCCCCCC. The van der Waals surface area contributed by atoms with Gasteiger partial charge in [-0.1, -0.05) is 257 Å². The molecule has 1 rings (SSSR count). The lowest BCUT2D eigenvalue weighted by Crippen LogP contribution is -2.60. The van der Waals surface area contributed by atoms with Gasteiger partial charge in [-0.15, -0.1) is 0 Å². The number of hydrogen-bond donors (Lipinski definition) is 6. The van der Waals surface area contributed by atoms with Crippen molar-refractivity contribution in [1.29, 1.82) is 0 Å². The van der Waals surface area contributed by atoms with Crippen molar-refractivity contribution < 1.29 is 39.8 Å². The van der Waals surface area contributed by atoms with E-state index in [2.05, 4.69) is 141 Å². The van der Waals surface area contributed by atoms with Crippen LogP contribution in [0.1, 0.15) is 226 Å². The summed E-state index contributed by atoms with van der Waals surface area (Å²) in [5.41, 5.74) is 0. The number of hydrogen-bond acceptors (Lipinski definition) is 8. The lowest BCUT2D eigenvalue weighted by molar-refractivity contribution is -0.302. The third-order valence-corrected chi connectivity index (χ3v) is 13.5. The molecule has 0 aromatic rings. The van der Waals surface area contributed by atoms with Gasteiger partial charge in [-0.05, 0) is 96.3 Å². The molecule has 9 nitrogen and oxygen atoms in total. The number of rotatable bonds is 50. The van der Waals surface area contributed by atoms with E-state index < -0.39 is 49.5 Å². The smallest absolute Gasteiger partial charge is 0.220 e. The van der Waals surface area contributed by atoms with Crippen LogP contribution in [0.5, 0.6) is 0 Å². The second kappa shape index (κ2) is 54.7. The molecule has 7 unspecified atom stereocenters. The number of carbonyl (C=O) groups excluding carboxylic acids is 1. The minimum atomic E-state index is -1.58. The average Bonchev–Trinajstić information content (AvgIpc) is 3.42. The summed E-state index contributed by atoms with van der Waals surface area (Å²) < 4.78 is 11.3. The van der Waals surface area contributed by atoms with Gasteiger partial charge in [-0.25, -0.2) is 0 Å². The summed E-state index contributed by atoms with van der Waals surface area (Å²) in [6, 6.07) is -0.829. The summed E-state index contributed by atoms with van der Waals surface area (Å²) in [5, 5.41) is 54.5. The molecule has 0 bridgehead atoms. The van der Waals surface area contributed by atoms with Crippen LogP contribution >= 0.6 is 0 Å². The van der Waals surface area contributed by atoms with Crippen LogP contribution in [0.3, 0.4) is 0 Å². The zero-order valence-electron chi connectivity index (χ0n) is 48.0. The maximum atomic E-state index is 13.1. The minimum Gasteiger partial charge on any atom is -0.394 e. The summed E-state index contributed by atoms with van der Waals surface area (Å²) >= 11 is 0. The van der Waals surface area contributed by atoms with Crippen LogP contribution in [0.15, 0.2) is 134 Å². The van der Waals surface area contributed by atoms with Crippen molar-refractivity contribution in [3.63, 3.8) is 0 Å². The number of allylic oxidation sites excluding steroid dienone is 21. The molecule has 432 valence electrons. The first-order chi connectivity index (χ1) is 37.3. The van der Waals surface area contributed by atoms with Gasteiger partial charge in [-0.2, -0.15) is 0 Å². The fourth-order valence-electron chi connectivity index (χ4n) is 8.71. The van der Waals surface area contributed by atoms with E-state index >= 15 is 0 Å². The molecule has 76 heavy (non-hydrogen) atoms. The van der Waals surface area contributed by atoms with Gasteiger partial charge in [0, 0.05) is 6.42 Å². The van der Waals surface area contributed by atoms with Crippen molar-refractivity contribution in [2.45, 2.75) is 269 Å². The van der Waals surface area contributed by atoms with Crippen LogP contribution in [-0.4, -0.2) is 87.5 Å². The van der Waals surface area contributed by atoms with Crippen molar-refractivity contribution in [2.24, 2.45) is 0 Å². The molecule has 1 fully saturated rings. The Morgan fingerprint density at radius 1 is 0.461 bits per heavy atom. The maximum Gasteiger partial charge on any atom is 0.220 e. The second-order valence-corrected chi connectivity index (χ2v) is 20.4. The Hall–Kier alpha value is -3.67. The molecule has 0 saturated carbocycles. The highest BCUT2D eigenvalue weighted by Gasteiger charge is 2.44. The largest absolute Gasteiger partial charge is 0.394 e. The summed E-state index contributed by atoms with van der Waals surface area (Å²) in [6.07, 6.45) is 76.5. The molecule has 0 aromatic heterocycles. The van der Waals surface area contributed by atoms with E-state index in [0.717, 1.165) is 116 Å². The summed E-state index contributed by atoms with van der Waals surface area (Å²) in [4.78, 5) is 13.1. The Bertz CT molecular complexity index is 1650. The standard InChI is InChI=1S/C67H111NO8/c1-3-5-7-9-11-13-15-17-19-21-23-24-25-26-27-28-29-30-31-32-33-34-35-36-37-38-39-41-43-45-47-49-51-53-55-57-63(71)68-60(59-75-67-66(74)65(73)64(72)62(58-69)76-67)61(70)56-54-52-50-48-46-44-42-40-22-20-18-16-14-12-10-8-6-4-2/h5,7,11,13,17,19,23-24,26-27,29-30,32-33,35-36,38-39,43,45,54,56,60-62,64-67,69-70,72-74H,3-4,6,8-10,12,14-16,18,20-22,25,28,31,34,37,40-42,44,46-53,55,57-59H2,1-2H3,(H,68,71)/b7-5-,13-11-,19-17-,24-23-,27-26-,30-29-,33-32-,36-35-,39-38-,45-43-,56-54+. The molecule has 0 spiro atoms.